The van der Waals surface area contributed by atoms with Gasteiger partial charge in [0.05, 0.1) is 22.9 Å². The minimum atomic E-state index is -0.612. The molecular formula is C12H13ClN6. The van der Waals surface area contributed by atoms with Crippen molar-refractivity contribution < 1.29 is 0 Å². The van der Waals surface area contributed by atoms with Crippen molar-refractivity contribution in [1.82, 2.24) is 14.8 Å². The average molecular weight is 277 g/mol. The molecule has 0 saturated heterocycles. The number of fused-ring (bicyclic) bond motifs is 1. The minimum absolute atomic E-state index is 0.355. The van der Waals surface area contributed by atoms with Crippen molar-refractivity contribution in [2.45, 2.75) is 25.3 Å². The molecule has 0 aromatic carbocycles. The molecule has 1 aliphatic rings. The van der Waals surface area contributed by atoms with Crippen molar-refractivity contribution in [1.29, 1.82) is 0 Å². The van der Waals surface area contributed by atoms with Crippen molar-refractivity contribution in [2.75, 3.05) is 0 Å². The Bertz CT molecular complexity index is 698. The summed E-state index contributed by atoms with van der Waals surface area (Å²) < 4.78 is 1.75. The maximum Gasteiger partial charge on any atom is 0.129 e. The molecule has 0 N–H and O–H groups in total. The van der Waals surface area contributed by atoms with Crippen LogP contribution in [0.2, 0.25) is 5.15 Å². The smallest absolute Gasteiger partial charge is 0.129 e. The van der Waals surface area contributed by atoms with Crippen molar-refractivity contribution in [3.05, 3.63) is 33.6 Å². The SMILES string of the molecule is Cn1nc(C(C)(N=[N+]=[N-])C2CC2)c2cc(Cl)ncc21. The number of aromatic nitrogens is 3. The van der Waals surface area contributed by atoms with Crippen LogP contribution in [0.3, 0.4) is 0 Å². The molecule has 1 fully saturated rings. The summed E-state index contributed by atoms with van der Waals surface area (Å²) >= 11 is 5.97. The second-order valence-corrected chi connectivity index (χ2v) is 5.49. The van der Waals surface area contributed by atoms with Gasteiger partial charge in [-0.2, -0.15) is 5.10 Å². The van der Waals surface area contributed by atoms with Crippen LogP contribution >= 0.6 is 11.6 Å². The van der Waals surface area contributed by atoms with Gasteiger partial charge in [0.15, 0.2) is 0 Å². The number of rotatable bonds is 3. The summed E-state index contributed by atoms with van der Waals surface area (Å²) in [5.41, 5.74) is 9.92. The monoisotopic (exact) mass is 276 g/mol. The molecule has 6 nitrogen and oxygen atoms in total. The zero-order valence-electron chi connectivity index (χ0n) is 10.7. The third-order valence-corrected chi connectivity index (χ3v) is 4.01. The highest BCUT2D eigenvalue weighted by Crippen LogP contribution is 2.49. The maximum absolute atomic E-state index is 8.86. The summed E-state index contributed by atoms with van der Waals surface area (Å²) in [5.74, 6) is 0.355. The second-order valence-electron chi connectivity index (χ2n) is 5.11. The van der Waals surface area contributed by atoms with E-state index >= 15 is 0 Å². The Morgan fingerprint density at radius 1 is 1.58 bits per heavy atom. The lowest BCUT2D eigenvalue weighted by molar-refractivity contribution is 0.411. The molecule has 1 saturated carbocycles. The molecule has 3 rings (SSSR count). The average Bonchev–Trinajstić information content (AvgIpc) is 3.16. The van der Waals surface area contributed by atoms with Crippen molar-refractivity contribution in [3.8, 4) is 0 Å². The first-order valence-corrected chi connectivity index (χ1v) is 6.49. The van der Waals surface area contributed by atoms with Gasteiger partial charge in [0, 0.05) is 17.3 Å². The largest absolute Gasteiger partial charge is 0.266 e. The van der Waals surface area contributed by atoms with E-state index in [0.717, 1.165) is 29.4 Å². The molecule has 19 heavy (non-hydrogen) atoms. The molecule has 0 spiro atoms. The number of hydrogen-bond acceptors (Lipinski definition) is 3. The molecule has 0 radical (unpaired) electrons. The number of azide groups is 1. The van der Waals surface area contributed by atoms with Gasteiger partial charge in [-0.1, -0.05) is 16.7 Å². The number of aryl methyl sites for hydroxylation is 1. The number of hydrogen-bond donors (Lipinski definition) is 0. The summed E-state index contributed by atoms with van der Waals surface area (Å²) in [6, 6.07) is 1.78. The fourth-order valence-corrected chi connectivity index (χ4v) is 2.72. The van der Waals surface area contributed by atoms with Crippen LogP contribution in [0.5, 0.6) is 0 Å². The Balaban J connectivity index is 2.29. The molecule has 98 valence electrons. The fraction of sp³-hybridized carbons (Fsp3) is 0.500. The van der Waals surface area contributed by atoms with Crippen LogP contribution in [0.1, 0.15) is 25.5 Å². The quantitative estimate of drug-likeness (QED) is 0.372. The van der Waals surface area contributed by atoms with Crippen molar-refractivity contribution in [2.24, 2.45) is 18.1 Å². The third-order valence-electron chi connectivity index (χ3n) is 3.81. The third kappa shape index (κ3) is 1.84. The molecule has 1 aliphatic carbocycles. The van der Waals surface area contributed by atoms with E-state index in [9.17, 15) is 0 Å². The van der Waals surface area contributed by atoms with Crippen molar-refractivity contribution in [3.63, 3.8) is 0 Å². The van der Waals surface area contributed by atoms with Crippen LogP contribution < -0.4 is 0 Å². The van der Waals surface area contributed by atoms with Gasteiger partial charge in [0.2, 0.25) is 0 Å². The molecule has 7 heteroatoms. The summed E-state index contributed by atoms with van der Waals surface area (Å²) in [6.45, 7) is 1.94. The van der Waals surface area contributed by atoms with Gasteiger partial charge >= 0.3 is 0 Å². The van der Waals surface area contributed by atoms with Crippen LogP contribution in [0.4, 0.5) is 0 Å². The van der Waals surface area contributed by atoms with Gasteiger partial charge in [-0.05, 0) is 37.3 Å². The van der Waals surface area contributed by atoms with E-state index in [1.54, 1.807) is 16.9 Å². The number of halogens is 1. The van der Waals surface area contributed by atoms with Gasteiger partial charge < -0.3 is 0 Å². The number of nitrogens with zero attached hydrogens (tertiary/aromatic N) is 6. The van der Waals surface area contributed by atoms with Gasteiger partial charge in [-0.15, -0.1) is 0 Å². The Hall–Kier alpha value is -1.78. The predicted octanol–water partition coefficient (Wildman–Crippen LogP) is 3.56. The van der Waals surface area contributed by atoms with Crippen LogP contribution in [0, 0.1) is 5.92 Å². The summed E-state index contributed by atoms with van der Waals surface area (Å²) in [7, 11) is 1.85. The van der Waals surface area contributed by atoms with E-state index in [2.05, 4.69) is 20.1 Å². The van der Waals surface area contributed by atoms with E-state index in [1.807, 2.05) is 14.0 Å². The molecule has 2 heterocycles. The van der Waals surface area contributed by atoms with E-state index in [0.29, 0.717) is 11.1 Å². The highest BCUT2D eigenvalue weighted by atomic mass is 35.5. The zero-order valence-corrected chi connectivity index (χ0v) is 11.5. The lowest BCUT2D eigenvalue weighted by atomic mass is 9.91. The van der Waals surface area contributed by atoms with Crippen LogP contribution in [0.15, 0.2) is 17.4 Å². The lowest BCUT2D eigenvalue weighted by Gasteiger charge is -2.21. The summed E-state index contributed by atoms with van der Waals surface area (Å²) in [6.07, 6.45) is 3.82. The predicted molar refractivity (Wildman–Crippen MR) is 72.7 cm³/mol. The van der Waals surface area contributed by atoms with E-state index < -0.39 is 5.54 Å². The Morgan fingerprint density at radius 2 is 2.32 bits per heavy atom. The first-order valence-electron chi connectivity index (χ1n) is 6.11. The van der Waals surface area contributed by atoms with Crippen LogP contribution in [0.25, 0.3) is 21.3 Å². The Labute approximate surface area is 115 Å². The van der Waals surface area contributed by atoms with Gasteiger partial charge in [0.1, 0.15) is 5.15 Å². The highest BCUT2D eigenvalue weighted by Gasteiger charge is 2.45. The molecular weight excluding hydrogens is 264 g/mol. The maximum atomic E-state index is 8.86. The minimum Gasteiger partial charge on any atom is -0.266 e. The van der Waals surface area contributed by atoms with Gasteiger partial charge in [0.25, 0.3) is 0 Å². The topological polar surface area (TPSA) is 79.5 Å². The molecule has 0 aliphatic heterocycles. The Morgan fingerprint density at radius 3 is 2.95 bits per heavy atom. The molecule has 0 bridgehead atoms. The zero-order chi connectivity index (χ0) is 13.6. The van der Waals surface area contributed by atoms with Crippen LogP contribution in [-0.4, -0.2) is 14.8 Å². The van der Waals surface area contributed by atoms with Gasteiger partial charge in [-0.3, -0.25) is 4.68 Å². The normalized spacial score (nSPS) is 18.1. The molecule has 0 amide bonds. The molecule has 2 aromatic heterocycles. The van der Waals surface area contributed by atoms with E-state index in [4.69, 9.17) is 17.1 Å². The van der Waals surface area contributed by atoms with E-state index in [1.165, 1.54) is 0 Å². The van der Waals surface area contributed by atoms with E-state index in [-0.39, 0.29) is 0 Å². The first kappa shape index (κ1) is 12.3. The molecule has 1 atom stereocenters. The number of pyridine rings is 1. The Kier molecular flexibility index (Phi) is 2.66. The second kappa shape index (κ2) is 4.11. The van der Waals surface area contributed by atoms with Crippen molar-refractivity contribution >= 4 is 22.5 Å². The lowest BCUT2D eigenvalue weighted by Crippen LogP contribution is -2.22. The first-order chi connectivity index (χ1) is 9.06. The molecule has 2 aromatic rings. The molecule has 1 unspecified atom stereocenters. The van der Waals surface area contributed by atoms with Gasteiger partial charge in [-0.25, -0.2) is 4.98 Å². The fourth-order valence-electron chi connectivity index (χ4n) is 2.56. The standard InChI is InChI=1S/C12H13ClN6/c1-12(17-18-14,7-3-4-7)11-8-5-10(13)15-6-9(8)19(2)16-11/h5-7H,3-4H2,1-2H3. The van der Waals surface area contributed by atoms with Crippen LogP contribution in [-0.2, 0) is 12.6 Å². The summed E-state index contributed by atoms with van der Waals surface area (Å²) in [5, 5.41) is 9.88. The highest BCUT2D eigenvalue weighted by molar-refractivity contribution is 6.30. The summed E-state index contributed by atoms with van der Waals surface area (Å²) in [4.78, 5) is 7.08.